The maximum Gasteiger partial charge on any atom is 0.243 e. The lowest BCUT2D eigenvalue weighted by molar-refractivity contribution is 0.445. The third-order valence-corrected chi connectivity index (χ3v) is 6.02. The largest absolute Gasteiger partial charge is 0.308 e. The van der Waals surface area contributed by atoms with E-state index in [1.165, 1.54) is 22.5 Å². The van der Waals surface area contributed by atoms with E-state index >= 15 is 0 Å². The average molecular weight is 368 g/mol. The van der Waals surface area contributed by atoms with Crippen molar-refractivity contribution in [1.29, 1.82) is 0 Å². The predicted octanol–water partition coefficient (Wildman–Crippen LogP) is 3.29. The number of rotatable bonds is 8. The molecule has 0 amide bonds. The molecule has 0 aromatic heterocycles. The predicted molar refractivity (Wildman–Crippen MR) is 93.5 cm³/mol. The van der Waals surface area contributed by atoms with Crippen LogP contribution in [0.3, 0.4) is 0 Å². The summed E-state index contributed by atoms with van der Waals surface area (Å²) in [4.78, 5) is 0.236. The van der Waals surface area contributed by atoms with Gasteiger partial charge in [0.15, 0.2) is 0 Å². The molecule has 0 fully saturated rings. The molecular formula is C18H22F2N2O2S. The Kier molecular flexibility index (Phi) is 6.64. The van der Waals surface area contributed by atoms with Gasteiger partial charge in [-0.1, -0.05) is 32.0 Å². The molecule has 1 N–H and O–H groups in total. The molecule has 2 rings (SSSR count). The number of benzene rings is 2. The van der Waals surface area contributed by atoms with Gasteiger partial charge in [-0.25, -0.2) is 17.2 Å². The number of hydrogen-bond donors (Lipinski definition) is 1. The maximum absolute atomic E-state index is 13.6. The standard InChI is InChI=1S/C18H22F2N2O2S/c1-3-22(4-2)25(23,24)15-10-8-14(9-11-15)12-21-13-16-17(19)6-5-7-18(16)20/h5-11,21H,3-4,12-13H2,1-2H3. The number of halogens is 2. The van der Waals surface area contributed by atoms with E-state index in [0.717, 1.165) is 5.56 Å². The molecule has 0 radical (unpaired) electrons. The molecule has 4 nitrogen and oxygen atoms in total. The Bertz CT molecular complexity index is 784. The van der Waals surface area contributed by atoms with Gasteiger partial charge < -0.3 is 5.32 Å². The summed E-state index contributed by atoms with van der Waals surface area (Å²) in [6.45, 7) is 4.84. The Morgan fingerprint density at radius 2 is 1.48 bits per heavy atom. The molecule has 25 heavy (non-hydrogen) atoms. The van der Waals surface area contributed by atoms with E-state index in [0.29, 0.717) is 19.6 Å². The Labute approximate surface area is 147 Å². The lowest BCUT2D eigenvalue weighted by Gasteiger charge is -2.18. The lowest BCUT2D eigenvalue weighted by atomic mass is 10.2. The third kappa shape index (κ3) is 4.62. The van der Waals surface area contributed by atoms with Gasteiger partial charge in [0, 0.05) is 31.7 Å². The lowest BCUT2D eigenvalue weighted by Crippen LogP contribution is -2.30. The molecule has 0 heterocycles. The summed E-state index contributed by atoms with van der Waals surface area (Å²) in [5, 5.41) is 2.96. The van der Waals surface area contributed by atoms with Crippen LogP contribution in [0.4, 0.5) is 8.78 Å². The molecule has 0 bridgehead atoms. The molecular weight excluding hydrogens is 346 g/mol. The second-order valence-electron chi connectivity index (χ2n) is 5.54. The normalized spacial score (nSPS) is 11.9. The fourth-order valence-electron chi connectivity index (χ4n) is 2.52. The van der Waals surface area contributed by atoms with E-state index in [1.54, 1.807) is 38.1 Å². The second kappa shape index (κ2) is 8.51. The zero-order valence-electron chi connectivity index (χ0n) is 14.3. The summed E-state index contributed by atoms with van der Waals surface area (Å²) in [6, 6.07) is 10.2. The zero-order valence-corrected chi connectivity index (χ0v) is 15.1. The van der Waals surface area contributed by atoms with Crippen molar-refractivity contribution in [3.8, 4) is 0 Å². The molecule has 0 aliphatic carbocycles. The van der Waals surface area contributed by atoms with E-state index in [4.69, 9.17) is 0 Å². The molecule has 0 aliphatic heterocycles. The Hall–Kier alpha value is -1.83. The molecule has 0 saturated heterocycles. The number of nitrogens with zero attached hydrogens (tertiary/aromatic N) is 1. The van der Waals surface area contributed by atoms with E-state index in [-0.39, 0.29) is 17.0 Å². The first-order valence-electron chi connectivity index (χ1n) is 8.12. The highest BCUT2D eigenvalue weighted by atomic mass is 32.2. The van der Waals surface area contributed by atoms with Gasteiger partial charge >= 0.3 is 0 Å². The number of nitrogens with one attached hydrogen (secondary N) is 1. The number of hydrogen-bond acceptors (Lipinski definition) is 3. The maximum atomic E-state index is 13.6. The molecule has 2 aromatic rings. The van der Waals surface area contributed by atoms with Crippen LogP contribution in [0.5, 0.6) is 0 Å². The summed E-state index contributed by atoms with van der Waals surface area (Å²) < 4.78 is 53.3. The van der Waals surface area contributed by atoms with Crippen molar-refractivity contribution >= 4 is 10.0 Å². The monoisotopic (exact) mass is 368 g/mol. The van der Waals surface area contributed by atoms with Crippen LogP contribution < -0.4 is 5.32 Å². The van der Waals surface area contributed by atoms with E-state index in [2.05, 4.69) is 5.32 Å². The van der Waals surface area contributed by atoms with Crippen LogP contribution in [-0.4, -0.2) is 25.8 Å². The molecule has 0 aliphatic rings. The van der Waals surface area contributed by atoms with Crippen LogP contribution in [0.15, 0.2) is 47.4 Å². The SMILES string of the molecule is CCN(CC)S(=O)(=O)c1ccc(CNCc2c(F)cccc2F)cc1. The first-order chi connectivity index (χ1) is 11.9. The minimum Gasteiger partial charge on any atom is -0.308 e. The van der Waals surface area contributed by atoms with Crippen molar-refractivity contribution < 1.29 is 17.2 Å². The number of sulfonamides is 1. The summed E-state index contributed by atoms with van der Waals surface area (Å²) in [5.74, 6) is -1.18. The van der Waals surface area contributed by atoms with Crippen LogP contribution in [0, 0.1) is 11.6 Å². The molecule has 7 heteroatoms. The molecule has 0 atom stereocenters. The zero-order chi connectivity index (χ0) is 18.4. The van der Waals surface area contributed by atoms with Gasteiger partial charge in [0.2, 0.25) is 10.0 Å². The van der Waals surface area contributed by atoms with Gasteiger partial charge in [-0.3, -0.25) is 0 Å². The van der Waals surface area contributed by atoms with Gasteiger partial charge in [0.25, 0.3) is 0 Å². The first kappa shape index (κ1) is 19.5. The van der Waals surface area contributed by atoms with Crippen LogP contribution in [0.25, 0.3) is 0 Å². The van der Waals surface area contributed by atoms with Crippen molar-refractivity contribution in [3.05, 3.63) is 65.2 Å². The van der Waals surface area contributed by atoms with Gasteiger partial charge in [-0.05, 0) is 29.8 Å². The van der Waals surface area contributed by atoms with Gasteiger partial charge in [0.05, 0.1) is 4.90 Å². The van der Waals surface area contributed by atoms with E-state index in [1.807, 2.05) is 0 Å². The second-order valence-corrected chi connectivity index (χ2v) is 7.47. The highest BCUT2D eigenvalue weighted by Gasteiger charge is 2.21. The summed E-state index contributed by atoms with van der Waals surface area (Å²) in [7, 11) is -3.48. The van der Waals surface area contributed by atoms with Crippen molar-refractivity contribution in [2.75, 3.05) is 13.1 Å². The van der Waals surface area contributed by atoms with Gasteiger partial charge in [-0.2, -0.15) is 4.31 Å². The highest BCUT2D eigenvalue weighted by molar-refractivity contribution is 7.89. The highest BCUT2D eigenvalue weighted by Crippen LogP contribution is 2.16. The fourth-order valence-corrected chi connectivity index (χ4v) is 3.98. The average Bonchev–Trinajstić information content (AvgIpc) is 2.59. The van der Waals surface area contributed by atoms with Crippen molar-refractivity contribution in [2.45, 2.75) is 31.8 Å². The van der Waals surface area contributed by atoms with Crippen molar-refractivity contribution in [1.82, 2.24) is 9.62 Å². The molecule has 0 saturated carbocycles. The first-order valence-corrected chi connectivity index (χ1v) is 9.56. The van der Waals surface area contributed by atoms with Crippen LogP contribution in [-0.2, 0) is 23.1 Å². The molecule has 0 unspecified atom stereocenters. The Morgan fingerprint density at radius 3 is 2.00 bits per heavy atom. The molecule has 0 spiro atoms. The Morgan fingerprint density at radius 1 is 0.920 bits per heavy atom. The van der Waals surface area contributed by atoms with E-state index < -0.39 is 21.7 Å². The van der Waals surface area contributed by atoms with Crippen LogP contribution >= 0.6 is 0 Å². The van der Waals surface area contributed by atoms with Gasteiger partial charge in [0.1, 0.15) is 11.6 Å². The minimum atomic E-state index is -3.48. The van der Waals surface area contributed by atoms with Crippen molar-refractivity contribution in [2.24, 2.45) is 0 Å². The summed E-state index contributed by atoms with van der Waals surface area (Å²) in [6.07, 6.45) is 0. The summed E-state index contributed by atoms with van der Waals surface area (Å²) in [5.41, 5.74) is 0.818. The van der Waals surface area contributed by atoms with Crippen molar-refractivity contribution in [3.63, 3.8) is 0 Å². The molecule has 2 aromatic carbocycles. The smallest absolute Gasteiger partial charge is 0.243 e. The Balaban J connectivity index is 2.01. The summed E-state index contributed by atoms with van der Waals surface area (Å²) >= 11 is 0. The fraction of sp³-hybridized carbons (Fsp3) is 0.333. The minimum absolute atomic E-state index is 0.0109. The van der Waals surface area contributed by atoms with Gasteiger partial charge in [-0.15, -0.1) is 0 Å². The quantitative estimate of drug-likeness (QED) is 0.778. The molecule has 136 valence electrons. The third-order valence-electron chi connectivity index (χ3n) is 3.96. The van der Waals surface area contributed by atoms with E-state index in [9.17, 15) is 17.2 Å². The van der Waals surface area contributed by atoms with Crippen LogP contribution in [0.1, 0.15) is 25.0 Å². The van der Waals surface area contributed by atoms with Crippen LogP contribution in [0.2, 0.25) is 0 Å². The topological polar surface area (TPSA) is 49.4 Å².